The summed E-state index contributed by atoms with van der Waals surface area (Å²) in [5.74, 6) is 0.0835. The summed E-state index contributed by atoms with van der Waals surface area (Å²) in [6.45, 7) is 6.00. The van der Waals surface area contributed by atoms with Crippen LogP contribution >= 0.6 is 0 Å². The van der Waals surface area contributed by atoms with Gasteiger partial charge in [-0.05, 0) is 49.2 Å². The maximum Gasteiger partial charge on any atom is 0.295 e. The number of hydrogen-bond acceptors (Lipinski definition) is 8. The third-order valence-corrected chi connectivity index (χ3v) is 6.94. The van der Waals surface area contributed by atoms with Crippen molar-refractivity contribution in [1.29, 1.82) is 0 Å². The molecule has 2 aliphatic rings. The van der Waals surface area contributed by atoms with Crippen LogP contribution in [0.25, 0.3) is 5.76 Å². The Labute approximate surface area is 217 Å². The molecule has 2 aromatic carbocycles. The van der Waals surface area contributed by atoms with Crippen molar-refractivity contribution in [2.45, 2.75) is 19.4 Å². The third kappa shape index (κ3) is 5.42. The molecule has 37 heavy (non-hydrogen) atoms. The van der Waals surface area contributed by atoms with Crippen LogP contribution in [0.2, 0.25) is 0 Å². The molecule has 1 N–H and O–H groups in total. The van der Waals surface area contributed by atoms with Crippen molar-refractivity contribution in [3.63, 3.8) is 0 Å². The highest BCUT2D eigenvalue weighted by Crippen LogP contribution is 2.44. The first-order chi connectivity index (χ1) is 17.9. The molecule has 2 fully saturated rings. The second-order valence-electron chi connectivity index (χ2n) is 9.09. The van der Waals surface area contributed by atoms with Gasteiger partial charge in [-0.3, -0.25) is 14.5 Å². The van der Waals surface area contributed by atoms with Gasteiger partial charge in [0.1, 0.15) is 23.0 Å². The van der Waals surface area contributed by atoms with Gasteiger partial charge < -0.3 is 29.0 Å². The fraction of sp³-hybridized carbons (Fsp3) is 0.429. The molecule has 2 heterocycles. The van der Waals surface area contributed by atoms with E-state index < -0.39 is 17.7 Å². The minimum Gasteiger partial charge on any atom is -0.507 e. The molecule has 0 radical (unpaired) electrons. The molecule has 2 aliphatic heterocycles. The molecule has 9 nitrogen and oxygen atoms in total. The summed E-state index contributed by atoms with van der Waals surface area (Å²) in [5, 5.41) is 11.4. The number of carbonyl (C=O) groups is 2. The van der Waals surface area contributed by atoms with E-state index in [0.29, 0.717) is 54.6 Å². The SMILES string of the molecule is COc1ccc(C(O)=C2C(=O)C(=O)N(CCCN3CCOCC3)[C@@H]2c2ccc(OC)cc2OC)c(C)c1. The summed E-state index contributed by atoms with van der Waals surface area (Å²) >= 11 is 0. The van der Waals surface area contributed by atoms with E-state index in [1.54, 1.807) is 50.6 Å². The molecule has 1 amide bonds. The minimum atomic E-state index is -0.813. The molecule has 0 aromatic heterocycles. The Balaban J connectivity index is 1.76. The highest BCUT2D eigenvalue weighted by molar-refractivity contribution is 6.46. The van der Waals surface area contributed by atoms with Crippen molar-refractivity contribution in [3.05, 3.63) is 58.7 Å². The molecule has 198 valence electrons. The first-order valence-electron chi connectivity index (χ1n) is 12.3. The Morgan fingerprint density at radius 3 is 2.30 bits per heavy atom. The quantitative estimate of drug-likeness (QED) is 0.312. The summed E-state index contributed by atoms with van der Waals surface area (Å²) < 4.78 is 21.7. The Hall–Kier alpha value is -3.56. The minimum absolute atomic E-state index is 0.0353. The van der Waals surface area contributed by atoms with E-state index in [-0.39, 0.29) is 11.3 Å². The number of hydrogen-bond donors (Lipinski definition) is 1. The van der Waals surface area contributed by atoms with Crippen LogP contribution in [-0.4, -0.2) is 87.3 Å². The second kappa shape index (κ2) is 11.7. The van der Waals surface area contributed by atoms with E-state index in [0.717, 1.165) is 25.2 Å². The number of rotatable bonds is 9. The van der Waals surface area contributed by atoms with Gasteiger partial charge in [-0.25, -0.2) is 0 Å². The predicted octanol–water partition coefficient (Wildman–Crippen LogP) is 3.16. The standard InChI is InChI=1S/C28H34N2O7/c1-18-16-19(34-2)6-8-21(18)26(31)24-25(22-9-7-20(35-3)17-23(22)36-4)30(28(33)27(24)32)11-5-10-29-12-14-37-15-13-29/h6-9,16-17,25,31H,5,10-15H2,1-4H3/t25-/m1/s1. The Morgan fingerprint density at radius 1 is 0.973 bits per heavy atom. The number of benzene rings is 2. The number of carbonyl (C=O) groups excluding carboxylic acids is 2. The van der Waals surface area contributed by atoms with Crippen molar-refractivity contribution in [2.75, 3.05) is 60.7 Å². The normalized spacial score (nSPS) is 19.8. The number of morpholine rings is 1. The van der Waals surface area contributed by atoms with Crippen LogP contribution in [0.4, 0.5) is 0 Å². The van der Waals surface area contributed by atoms with E-state index in [1.807, 2.05) is 6.92 Å². The smallest absolute Gasteiger partial charge is 0.295 e. The lowest BCUT2D eigenvalue weighted by Crippen LogP contribution is -2.39. The molecule has 2 saturated heterocycles. The lowest BCUT2D eigenvalue weighted by atomic mass is 9.93. The summed E-state index contributed by atoms with van der Waals surface area (Å²) in [5.41, 5.74) is 1.81. The van der Waals surface area contributed by atoms with E-state index >= 15 is 0 Å². The molecule has 0 spiro atoms. The Morgan fingerprint density at radius 2 is 1.65 bits per heavy atom. The van der Waals surface area contributed by atoms with Gasteiger partial charge in [0.05, 0.1) is 46.2 Å². The first kappa shape index (κ1) is 26.5. The number of nitrogens with zero attached hydrogens (tertiary/aromatic N) is 2. The Kier molecular flexibility index (Phi) is 8.35. The lowest BCUT2D eigenvalue weighted by molar-refractivity contribution is -0.140. The number of aliphatic hydroxyl groups is 1. The molecule has 0 saturated carbocycles. The first-order valence-corrected chi connectivity index (χ1v) is 12.3. The largest absolute Gasteiger partial charge is 0.507 e. The monoisotopic (exact) mass is 510 g/mol. The summed E-state index contributed by atoms with van der Waals surface area (Å²) in [7, 11) is 4.64. The highest BCUT2D eigenvalue weighted by atomic mass is 16.5. The molecule has 0 unspecified atom stereocenters. The molecule has 0 aliphatic carbocycles. The number of aliphatic hydroxyl groups excluding tert-OH is 1. The van der Waals surface area contributed by atoms with Crippen molar-refractivity contribution in [2.24, 2.45) is 0 Å². The van der Waals surface area contributed by atoms with Crippen molar-refractivity contribution < 1.29 is 33.6 Å². The zero-order chi connectivity index (χ0) is 26.5. The van der Waals surface area contributed by atoms with Gasteiger partial charge in [-0.1, -0.05) is 0 Å². The van der Waals surface area contributed by atoms with Crippen LogP contribution in [0.15, 0.2) is 42.0 Å². The van der Waals surface area contributed by atoms with Crippen molar-refractivity contribution in [1.82, 2.24) is 9.80 Å². The van der Waals surface area contributed by atoms with Crippen LogP contribution < -0.4 is 14.2 Å². The van der Waals surface area contributed by atoms with Crippen LogP contribution in [0.1, 0.15) is 29.2 Å². The lowest BCUT2D eigenvalue weighted by Gasteiger charge is -2.29. The van der Waals surface area contributed by atoms with E-state index in [4.69, 9.17) is 18.9 Å². The van der Waals surface area contributed by atoms with Gasteiger partial charge >= 0.3 is 0 Å². The van der Waals surface area contributed by atoms with Gasteiger partial charge in [-0.15, -0.1) is 0 Å². The highest BCUT2D eigenvalue weighted by Gasteiger charge is 2.47. The average molecular weight is 511 g/mol. The van der Waals surface area contributed by atoms with Crippen LogP contribution in [0.5, 0.6) is 17.2 Å². The average Bonchev–Trinajstić information content (AvgIpc) is 3.17. The number of Topliss-reactive ketones (excluding diaryl/α,β-unsaturated/α-hetero) is 1. The predicted molar refractivity (Wildman–Crippen MR) is 138 cm³/mol. The molecule has 4 rings (SSSR count). The van der Waals surface area contributed by atoms with Crippen molar-refractivity contribution >= 4 is 17.4 Å². The number of amides is 1. The number of aryl methyl sites for hydroxylation is 1. The summed E-state index contributed by atoms with van der Waals surface area (Å²) in [6, 6.07) is 9.60. The van der Waals surface area contributed by atoms with Crippen molar-refractivity contribution in [3.8, 4) is 17.2 Å². The number of methoxy groups -OCH3 is 3. The zero-order valence-electron chi connectivity index (χ0n) is 21.8. The summed E-state index contributed by atoms with van der Waals surface area (Å²) in [4.78, 5) is 30.6. The van der Waals surface area contributed by atoms with Gasteiger partial charge in [0.15, 0.2) is 0 Å². The second-order valence-corrected chi connectivity index (χ2v) is 9.09. The number of likely N-dealkylation sites (tertiary alicyclic amines) is 1. The van der Waals surface area contributed by atoms with E-state index in [1.165, 1.54) is 12.0 Å². The topological polar surface area (TPSA) is 97.8 Å². The molecule has 1 atom stereocenters. The van der Waals surface area contributed by atoms with Crippen LogP contribution in [0.3, 0.4) is 0 Å². The zero-order valence-corrected chi connectivity index (χ0v) is 21.8. The van der Waals surface area contributed by atoms with Gasteiger partial charge in [0.25, 0.3) is 11.7 Å². The summed E-state index contributed by atoms with van der Waals surface area (Å²) in [6.07, 6.45) is 0.670. The fourth-order valence-electron chi connectivity index (χ4n) is 4.94. The molecule has 9 heteroatoms. The van der Waals surface area contributed by atoms with Crippen LogP contribution in [-0.2, 0) is 14.3 Å². The molecule has 0 bridgehead atoms. The molecule has 2 aromatic rings. The van der Waals surface area contributed by atoms with Gasteiger partial charge in [0, 0.05) is 43.4 Å². The molecular formula is C28H34N2O7. The third-order valence-electron chi connectivity index (χ3n) is 6.94. The maximum absolute atomic E-state index is 13.4. The fourth-order valence-corrected chi connectivity index (χ4v) is 4.94. The number of ketones is 1. The molecular weight excluding hydrogens is 476 g/mol. The van der Waals surface area contributed by atoms with Gasteiger partial charge in [0.2, 0.25) is 0 Å². The van der Waals surface area contributed by atoms with E-state index in [2.05, 4.69) is 4.90 Å². The van der Waals surface area contributed by atoms with E-state index in [9.17, 15) is 14.7 Å². The Bertz CT molecular complexity index is 1190. The maximum atomic E-state index is 13.4. The number of ether oxygens (including phenoxy) is 4. The van der Waals surface area contributed by atoms with Crippen LogP contribution in [0, 0.1) is 6.92 Å². The van der Waals surface area contributed by atoms with Gasteiger partial charge in [-0.2, -0.15) is 0 Å².